The summed E-state index contributed by atoms with van der Waals surface area (Å²) in [6.45, 7) is 0. The van der Waals surface area contributed by atoms with Gasteiger partial charge in [-0.2, -0.15) is 0 Å². The number of hydrogen-bond donors (Lipinski definition) is 1. The lowest BCUT2D eigenvalue weighted by Gasteiger charge is -2.12. The Morgan fingerprint density at radius 2 is 1.85 bits per heavy atom. The van der Waals surface area contributed by atoms with E-state index in [1.54, 1.807) is 24.3 Å². The summed E-state index contributed by atoms with van der Waals surface area (Å²) in [6, 6.07) is 6.60. The van der Waals surface area contributed by atoms with E-state index in [1.165, 1.54) is 7.05 Å². The van der Waals surface area contributed by atoms with Crippen molar-refractivity contribution < 1.29 is 9.90 Å². The Kier molecular flexibility index (Phi) is 4.59. The molecule has 0 saturated carbocycles. The highest BCUT2D eigenvalue weighted by atomic mass is 35.5. The molecule has 0 unspecified atom stereocenters. The Labute approximate surface area is 87.3 Å². The highest BCUT2D eigenvalue weighted by Crippen LogP contribution is 2.16. The number of halogens is 2. The van der Waals surface area contributed by atoms with Gasteiger partial charge in [-0.1, -0.05) is 11.6 Å². The van der Waals surface area contributed by atoms with E-state index in [0.29, 0.717) is 10.7 Å². The highest BCUT2D eigenvalue weighted by Gasteiger charge is 2.06. The van der Waals surface area contributed by atoms with Crippen LogP contribution >= 0.6 is 24.0 Å². The number of anilines is 1. The van der Waals surface area contributed by atoms with Crippen LogP contribution in [0.25, 0.3) is 0 Å². The Bertz CT molecular complexity index is 287. The van der Waals surface area contributed by atoms with Crippen LogP contribution in [0.1, 0.15) is 0 Å². The van der Waals surface area contributed by atoms with Crippen LogP contribution in [-0.4, -0.2) is 18.2 Å². The summed E-state index contributed by atoms with van der Waals surface area (Å²) in [5.41, 5.74) is 0.604. The van der Waals surface area contributed by atoms with Gasteiger partial charge in [-0.15, -0.1) is 12.4 Å². The molecular formula is C8H9Cl2NO2. The normalized spacial score (nSPS) is 8.77. The summed E-state index contributed by atoms with van der Waals surface area (Å²) >= 11 is 5.63. The van der Waals surface area contributed by atoms with Crippen LogP contribution in [0.3, 0.4) is 0 Å². The number of hydrogen-bond acceptors (Lipinski definition) is 1. The Morgan fingerprint density at radius 1 is 1.38 bits per heavy atom. The van der Waals surface area contributed by atoms with Crippen molar-refractivity contribution in [2.75, 3.05) is 11.9 Å². The standard InChI is InChI=1S/C8H8ClNO2.ClH/c1-10(8(11)12)7-4-2-6(9)3-5-7;/h2-5H,1H3,(H,11,12);1H. The van der Waals surface area contributed by atoms with Crippen LogP contribution in [0.2, 0.25) is 5.02 Å². The fraction of sp³-hybridized carbons (Fsp3) is 0.125. The largest absolute Gasteiger partial charge is 0.465 e. The predicted octanol–water partition coefficient (Wildman–Crippen LogP) is 2.88. The molecule has 0 atom stereocenters. The molecule has 0 aromatic heterocycles. The van der Waals surface area contributed by atoms with Gasteiger partial charge in [-0.05, 0) is 24.3 Å². The van der Waals surface area contributed by atoms with Crippen LogP contribution < -0.4 is 4.90 Å². The van der Waals surface area contributed by atoms with Crippen molar-refractivity contribution in [3.8, 4) is 0 Å². The van der Waals surface area contributed by atoms with E-state index < -0.39 is 6.09 Å². The summed E-state index contributed by atoms with van der Waals surface area (Å²) in [5.74, 6) is 0. The van der Waals surface area contributed by atoms with Gasteiger partial charge in [-0.25, -0.2) is 4.79 Å². The minimum atomic E-state index is -0.989. The molecule has 1 aromatic carbocycles. The van der Waals surface area contributed by atoms with Crippen molar-refractivity contribution in [2.24, 2.45) is 0 Å². The zero-order valence-electron chi connectivity index (χ0n) is 6.90. The minimum Gasteiger partial charge on any atom is -0.465 e. The summed E-state index contributed by atoms with van der Waals surface area (Å²) in [6.07, 6.45) is -0.989. The average Bonchev–Trinajstić information content (AvgIpc) is 2.04. The first-order valence-corrected chi connectivity index (χ1v) is 3.71. The molecule has 1 rings (SSSR count). The molecule has 0 saturated heterocycles. The number of carbonyl (C=O) groups is 1. The molecule has 0 heterocycles. The molecule has 0 bridgehead atoms. The van der Waals surface area contributed by atoms with E-state index in [4.69, 9.17) is 16.7 Å². The van der Waals surface area contributed by atoms with Gasteiger partial charge in [0.2, 0.25) is 0 Å². The van der Waals surface area contributed by atoms with Crippen LogP contribution in [0.15, 0.2) is 24.3 Å². The van der Waals surface area contributed by atoms with E-state index in [2.05, 4.69) is 0 Å². The third kappa shape index (κ3) is 3.13. The summed E-state index contributed by atoms with van der Waals surface area (Å²) in [7, 11) is 1.48. The zero-order valence-corrected chi connectivity index (χ0v) is 8.47. The van der Waals surface area contributed by atoms with Gasteiger partial charge in [0, 0.05) is 17.8 Å². The molecule has 0 aliphatic heterocycles. The number of amides is 1. The summed E-state index contributed by atoms with van der Waals surface area (Å²) in [4.78, 5) is 11.6. The Balaban J connectivity index is 0.00000144. The lowest BCUT2D eigenvalue weighted by atomic mass is 10.3. The topological polar surface area (TPSA) is 40.5 Å². The van der Waals surface area contributed by atoms with Crippen molar-refractivity contribution >= 4 is 35.8 Å². The number of carboxylic acid groups (broad SMARTS) is 1. The van der Waals surface area contributed by atoms with E-state index in [9.17, 15) is 4.79 Å². The molecule has 1 N–H and O–H groups in total. The van der Waals surface area contributed by atoms with Crippen LogP contribution in [-0.2, 0) is 0 Å². The summed E-state index contributed by atoms with van der Waals surface area (Å²) < 4.78 is 0. The van der Waals surface area contributed by atoms with Crippen LogP contribution in [0.4, 0.5) is 10.5 Å². The molecule has 3 nitrogen and oxygen atoms in total. The molecule has 0 fully saturated rings. The van der Waals surface area contributed by atoms with Crippen molar-refractivity contribution in [3.05, 3.63) is 29.3 Å². The third-order valence-electron chi connectivity index (χ3n) is 1.50. The molecular weight excluding hydrogens is 213 g/mol. The van der Waals surface area contributed by atoms with E-state index in [-0.39, 0.29) is 12.4 Å². The van der Waals surface area contributed by atoms with Crippen molar-refractivity contribution in [1.82, 2.24) is 0 Å². The smallest absolute Gasteiger partial charge is 0.411 e. The Hall–Kier alpha value is -0.930. The van der Waals surface area contributed by atoms with Gasteiger partial charge in [0.1, 0.15) is 0 Å². The average molecular weight is 222 g/mol. The van der Waals surface area contributed by atoms with Crippen molar-refractivity contribution in [3.63, 3.8) is 0 Å². The Morgan fingerprint density at radius 3 is 2.23 bits per heavy atom. The molecule has 0 aliphatic carbocycles. The van der Waals surface area contributed by atoms with Crippen molar-refractivity contribution in [2.45, 2.75) is 0 Å². The second-order valence-electron chi connectivity index (χ2n) is 2.32. The van der Waals surface area contributed by atoms with Gasteiger partial charge in [-0.3, -0.25) is 4.90 Å². The van der Waals surface area contributed by atoms with Crippen LogP contribution in [0, 0.1) is 0 Å². The monoisotopic (exact) mass is 221 g/mol. The molecule has 72 valence electrons. The quantitative estimate of drug-likeness (QED) is 0.793. The van der Waals surface area contributed by atoms with Gasteiger partial charge in [0.15, 0.2) is 0 Å². The number of rotatable bonds is 1. The fourth-order valence-corrected chi connectivity index (χ4v) is 0.901. The lowest BCUT2D eigenvalue weighted by molar-refractivity contribution is 0.203. The molecule has 0 radical (unpaired) electrons. The van der Waals surface area contributed by atoms with Gasteiger partial charge < -0.3 is 5.11 Å². The maximum absolute atomic E-state index is 10.5. The molecule has 0 aliphatic rings. The maximum atomic E-state index is 10.5. The fourth-order valence-electron chi connectivity index (χ4n) is 0.775. The molecule has 1 aromatic rings. The van der Waals surface area contributed by atoms with Gasteiger partial charge in [0.05, 0.1) is 0 Å². The molecule has 1 amide bonds. The van der Waals surface area contributed by atoms with E-state index in [0.717, 1.165) is 4.90 Å². The molecule has 13 heavy (non-hydrogen) atoms. The first-order valence-electron chi connectivity index (χ1n) is 3.33. The SMILES string of the molecule is CN(C(=O)O)c1ccc(Cl)cc1.Cl. The molecule has 0 spiro atoms. The number of benzene rings is 1. The zero-order chi connectivity index (χ0) is 9.14. The van der Waals surface area contributed by atoms with Gasteiger partial charge >= 0.3 is 6.09 Å². The lowest BCUT2D eigenvalue weighted by Crippen LogP contribution is -2.23. The predicted molar refractivity (Wildman–Crippen MR) is 55.1 cm³/mol. The first-order chi connectivity index (χ1) is 5.61. The molecule has 5 heteroatoms. The van der Waals surface area contributed by atoms with E-state index in [1.807, 2.05) is 0 Å². The minimum absolute atomic E-state index is 0. The van der Waals surface area contributed by atoms with Crippen molar-refractivity contribution in [1.29, 1.82) is 0 Å². The first kappa shape index (κ1) is 12.1. The second-order valence-corrected chi connectivity index (χ2v) is 2.75. The summed E-state index contributed by atoms with van der Waals surface area (Å²) in [5, 5.41) is 9.19. The highest BCUT2D eigenvalue weighted by molar-refractivity contribution is 6.30. The van der Waals surface area contributed by atoms with Crippen LogP contribution in [0.5, 0.6) is 0 Å². The van der Waals surface area contributed by atoms with Gasteiger partial charge in [0.25, 0.3) is 0 Å². The van der Waals surface area contributed by atoms with E-state index >= 15 is 0 Å². The second kappa shape index (κ2) is 4.94. The maximum Gasteiger partial charge on any atom is 0.411 e. The number of nitrogens with zero attached hydrogens (tertiary/aromatic N) is 1. The third-order valence-corrected chi connectivity index (χ3v) is 1.75.